The average Bonchev–Trinajstić information content (AvgIpc) is 3.73. The van der Waals surface area contributed by atoms with E-state index >= 15 is 0 Å². The number of pyridine rings is 2. The zero-order chi connectivity index (χ0) is 27.1. The molecular formula is C28H35F3N8. The van der Waals surface area contributed by atoms with E-state index in [1.165, 1.54) is 23.3 Å². The number of anilines is 2. The van der Waals surface area contributed by atoms with Crippen LogP contribution in [0.5, 0.6) is 0 Å². The summed E-state index contributed by atoms with van der Waals surface area (Å²) in [4.78, 5) is 23.0. The monoisotopic (exact) mass is 540 g/mol. The molecule has 3 aromatic heterocycles. The van der Waals surface area contributed by atoms with Crippen LogP contribution in [-0.4, -0.2) is 81.9 Å². The highest BCUT2D eigenvalue weighted by Gasteiger charge is 2.33. The second-order valence-electron chi connectivity index (χ2n) is 11.4. The predicted octanol–water partition coefficient (Wildman–Crippen LogP) is 4.59. The Balaban J connectivity index is 1.28. The molecule has 39 heavy (non-hydrogen) atoms. The molecule has 3 fully saturated rings. The first kappa shape index (κ1) is 26.2. The molecule has 2 atom stereocenters. The van der Waals surface area contributed by atoms with E-state index in [9.17, 15) is 13.2 Å². The minimum Gasteiger partial charge on any atom is -0.367 e. The van der Waals surface area contributed by atoms with Crippen LogP contribution in [0, 0.1) is 0 Å². The van der Waals surface area contributed by atoms with E-state index in [1.54, 1.807) is 6.20 Å². The Morgan fingerprint density at radius 2 is 1.77 bits per heavy atom. The lowest BCUT2D eigenvalue weighted by atomic mass is 10.0. The number of halogens is 3. The molecule has 208 valence electrons. The second kappa shape index (κ2) is 10.5. The molecule has 11 heteroatoms. The Hall–Kier alpha value is -3.05. The molecule has 1 aliphatic carbocycles. The van der Waals surface area contributed by atoms with Gasteiger partial charge in [-0.3, -0.25) is 9.88 Å². The molecule has 3 aliphatic rings. The van der Waals surface area contributed by atoms with Crippen molar-refractivity contribution in [3.63, 3.8) is 0 Å². The number of aromatic nitrogens is 4. The van der Waals surface area contributed by atoms with Gasteiger partial charge in [-0.05, 0) is 63.1 Å². The van der Waals surface area contributed by atoms with Gasteiger partial charge in [0.05, 0.1) is 18.3 Å². The molecule has 0 radical (unpaired) electrons. The highest BCUT2D eigenvalue weighted by molar-refractivity contribution is 5.94. The molecule has 2 N–H and O–H groups in total. The van der Waals surface area contributed by atoms with E-state index in [-0.39, 0.29) is 6.04 Å². The van der Waals surface area contributed by atoms with Crippen LogP contribution in [0.2, 0.25) is 0 Å². The Morgan fingerprint density at radius 1 is 1.03 bits per heavy atom. The van der Waals surface area contributed by atoms with Gasteiger partial charge in [-0.1, -0.05) is 0 Å². The Bertz CT molecular complexity index is 1310. The maximum atomic E-state index is 12.7. The zero-order valence-electron chi connectivity index (χ0n) is 22.4. The number of nitrogens with one attached hydrogen (secondary N) is 2. The van der Waals surface area contributed by atoms with Gasteiger partial charge in [-0.15, -0.1) is 0 Å². The second-order valence-corrected chi connectivity index (χ2v) is 11.4. The number of likely N-dealkylation sites (tertiary alicyclic amines) is 1. The topological polar surface area (TPSA) is 82.1 Å². The highest BCUT2D eigenvalue weighted by atomic mass is 19.4. The number of hydrogen-bond donors (Lipinski definition) is 2. The number of piperidine rings is 1. The van der Waals surface area contributed by atoms with Gasteiger partial charge in [0.25, 0.3) is 0 Å². The van der Waals surface area contributed by atoms with Crippen LogP contribution >= 0.6 is 0 Å². The van der Waals surface area contributed by atoms with E-state index in [2.05, 4.69) is 39.3 Å². The summed E-state index contributed by atoms with van der Waals surface area (Å²) in [5.74, 6) is 2.78. The minimum absolute atomic E-state index is 0.0689. The van der Waals surface area contributed by atoms with Crippen molar-refractivity contribution in [1.82, 2.24) is 30.2 Å². The van der Waals surface area contributed by atoms with Crippen molar-refractivity contribution in [1.29, 1.82) is 0 Å². The van der Waals surface area contributed by atoms with Crippen molar-refractivity contribution in [2.75, 3.05) is 42.9 Å². The van der Waals surface area contributed by atoms with Gasteiger partial charge in [0.2, 0.25) is 0 Å². The van der Waals surface area contributed by atoms with Crippen molar-refractivity contribution in [3.8, 4) is 11.4 Å². The van der Waals surface area contributed by atoms with Gasteiger partial charge in [0.1, 0.15) is 11.6 Å². The maximum Gasteiger partial charge on any atom is 0.401 e. The lowest BCUT2D eigenvalue weighted by Gasteiger charge is -2.37. The van der Waals surface area contributed by atoms with Crippen molar-refractivity contribution < 1.29 is 13.2 Å². The first-order valence-electron chi connectivity index (χ1n) is 13.9. The average molecular weight is 541 g/mol. The van der Waals surface area contributed by atoms with Gasteiger partial charge in [-0.2, -0.15) is 13.2 Å². The van der Waals surface area contributed by atoms with Crippen molar-refractivity contribution in [3.05, 3.63) is 36.3 Å². The predicted molar refractivity (Wildman–Crippen MR) is 146 cm³/mol. The summed E-state index contributed by atoms with van der Waals surface area (Å²) in [6, 6.07) is 4.59. The molecule has 0 aromatic carbocycles. The molecule has 6 rings (SSSR count). The molecule has 0 unspecified atom stereocenters. The minimum atomic E-state index is -4.16. The Kier molecular flexibility index (Phi) is 7.05. The number of hydrogen-bond acceptors (Lipinski definition) is 8. The molecule has 8 nitrogen and oxygen atoms in total. The van der Waals surface area contributed by atoms with Crippen LogP contribution in [0.3, 0.4) is 0 Å². The lowest BCUT2D eigenvalue weighted by Crippen LogP contribution is -2.54. The number of fused-ring (bicyclic) bond motifs is 1. The molecule has 0 spiro atoms. The molecule has 3 aromatic rings. The largest absolute Gasteiger partial charge is 0.401 e. The molecular weight excluding hydrogens is 505 g/mol. The van der Waals surface area contributed by atoms with E-state index in [0.29, 0.717) is 55.6 Å². The maximum absolute atomic E-state index is 12.7. The molecule has 0 amide bonds. The van der Waals surface area contributed by atoms with Crippen LogP contribution in [0.1, 0.15) is 51.0 Å². The van der Waals surface area contributed by atoms with Crippen LogP contribution < -0.4 is 15.5 Å². The highest BCUT2D eigenvalue weighted by Crippen LogP contribution is 2.45. The van der Waals surface area contributed by atoms with Crippen LogP contribution in [0.4, 0.5) is 24.8 Å². The fourth-order valence-corrected chi connectivity index (χ4v) is 6.00. The summed E-state index contributed by atoms with van der Waals surface area (Å²) in [7, 11) is 0. The van der Waals surface area contributed by atoms with Crippen molar-refractivity contribution in [2.24, 2.45) is 0 Å². The van der Waals surface area contributed by atoms with Crippen LogP contribution in [-0.2, 0) is 0 Å². The van der Waals surface area contributed by atoms with Crippen LogP contribution in [0.15, 0.2) is 30.7 Å². The smallest absolute Gasteiger partial charge is 0.367 e. The van der Waals surface area contributed by atoms with Crippen LogP contribution in [0.25, 0.3) is 22.3 Å². The zero-order valence-corrected chi connectivity index (χ0v) is 22.4. The summed E-state index contributed by atoms with van der Waals surface area (Å²) >= 11 is 0. The quantitative estimate of drug-likeness (QED) is 0.470. The first-order chi connectivity index (χ1) is 18.7. The van der Waals surface area contributed by atoms with Crippen molar-refractivity contribution in [2.45, 2.75) is 69.8 Å². The van der Waals surface area contributed by atoms with Gasteiger partial charge in [-0.25, -0.2) is 15.0 Å². The molecule has 5 heterocycles. The normalized spacial score (nSPS) is 23.4. The Labute approximate surface area is 226 Å². The third-order valence-corrected chi connectivity index (χ3v) is 7.85. The molecule has 1 saturated carbocycles. The fourth-order valence-electron chi connectivity index (χ4n) is 6.00. The van der Waals surface area contributed by atoms with E-state index in [4.69, 9.17) is 9.97 Å². The lowest BCUT2D eigenvalue weighted by molar-refractivity contribution is -0.147. The summed E-state index contributed by atoms with van der Waals surface area (Å²) in [6.45, 7) is 6.08. The van der Waals surface area contributed by atoms with E-state index in [0.717, 1.165) is 35.4 Å². The molecule has 2 aliphatic heterocycles. The van der Waals surface area contributed by atoms with Gasteiger partial charge >= 0.3 is 6.18 Å². The number of alkyl halides is 3. The summed E-state index contributed by atoms with van der Waals surface area (Å²) in [5, 5.41) is 8.15. The van der Waals surface area contributed by atoms with E-state index in [1.807, 2.05) is 24.5 Å². The fraction of sp³-hybridized carbons (Fsp3) is 0.571. The first-order valence-corrected chi connectivity index (χ1v) is 13.9. The summed E-state index contributed by atoms with van der Waals surface area (Å²) < 4.78 is 38.2. The number of piperazine rings is 1. The Morgan fingerprint density at radius 3 is 2.46 bits per heavy atom. The van der Waals surface area contributed by atoms with Gasteiger partial charge in [0, 0.05) is 67.6 Å². The number of nitrogens with zero attached hydrogens (tertiary/aromatic N) is 6. The summed E-state index contributed by atoms with van der Waals surface area (Å²) in [6.07, 6.45) is 5.00. The van der Waals surface area contributed by atoms with Crippen molar-refractivity contribution >= 4 is 22.5 Å². The third-order valence-electron chi connectivity index (χ3n) is 7.85. The molecule has 2 saturated heterocycles. The SMILES string of the molecule is C[C@@H]1CN(c2nc(-c3ccnc(NC4CCN(CC(F)(F)F)CC4)c3)nc3cncc(C4CC4)c23)C[C@H](C)N1. The molecule has 0 bridgehead atoms. The number of rotatable bonds is 6. The van der Waals surface area contributed by atoms with Gasteiger partial charge in [0.15, 0.2) is 5.82 Å². The van der Waals surface area contributed by atoms with Gasteiger partial charge < -0.3 is 15.5 Å². The summed E-state index contributed by atoms with van der Waals surface area (Å²) in [5.41, 5.74) is 2.93. The standard InChI is InChI=1S/C28H35F3N8/c1-17-14-39(15-18(2)34-17)27-25-22(19-3-4-19)12-32-13-23(25)36-26(37-27)20-5-8-33-24(11-20)35-21-6-9-38(10-7-21)16-28(29,30)31/h5,8,11-13,17-19,21,34H,3-4,6-7,9-10,14-16H2,1-2H3,(H,33,35)/t17-,18+. The third kappa shape index (κ3) is 6.09. The van der Waals surface area contributed by atoms with E-state index < -0.39 is 12.7 Å².